The molecule has 0 radical (unpaired) electrons. The summed E-state index contributed by atoms with van der Waals surface area (Å²) in [5.41, 5.74) is 2.38. The van der Waals surface area contributed by atoms with Crippen molar-refractivity contribution in [2.45, 2.75) is 0 Å². The van der Waals surface area contributed by atoms with Gasteiger partial charge >= 0.3 is 5.97 Å². The third-order valence-electron chi connectivity index (χ3n) is 4.10. The van der Waals surface area contributed by atoms with Gasteiger partial charge in [-0.3, -0.25) is 0 Å². The Bertz CT molecular complexity index is 1120. The van der Waals surface area contributed by atoms with Crippen molar-refractivity contribution >= 4 is 34.0 Å². The minimum Gasteiger partial charge on any atom is -0.496 e. The largest absolute Gasteiger partial charge is 0.496 e. The maximum Gasteiger partial charge on any atom is 0.336 e. The Morgan fingerprint density at radius 3 is 2.58 bits per heavy atom. The second-order valence-electron chi connectivity index (χ2n) is 5.75. The van der Waals surface area contributed by atoms with Crippen LogP contribution >= 0.6 is 0 Å². The first-order valence-electron chi connectivity index (χ1n) is 8.19. The molecule has 0 aliphatic rings. The monoisotopic (exact) mass is 344 g/mol. The van der Waals surface area contributed by atoms with E-state index in [1.54, 1.807) is 19.3 Å². The van der Waals surface area contributed by atoms with Gasteiger partial charge in [0.2, 0.25) is 0 Å². The smallest absolute Gasteiger partial charge is 0.336 e. The normalized spacial score (nSPS) is 11.3. The summed E-state index contributed by atoms with van der Waals surface area (Å²) < 4.78 is 16.5. The predicted octanol–water partition coefficient (Wildman–Crippen LogP) is 5.21. The third kappa shape index (κ3) is 3.05. The van der Waals surface area contributed by atoms with Crippen molar-refractivity contribution in [1.82, 2.24) is 0 Å². The molecule has 0 unspecified atom stereocenters. The van der Waals surface area contributed by atoms with Crippen LogP contribution in [0.2, 0.25) is 0 Å². The molecule has 4 nitrogen and oxygen atoms in total. The number of ether oxygens (including phenoxy) is 2. The molecular formula is C22H16O4. The topological polar surface area (TPSA) is 48.7 Å². The first-order valence-corrected chi connectivity index (χ1v) is 8.19. The molecule has 0 atom stereocenters. The minimum absolute atomic E-state index is 0.456. The first-order chi connectivity index (χ1) is 12.7. The van der Waals surface area contributed by atoms with Crippen molar-refractivity contribution in [3.8, 4) is 11.5 Å². The average molecular weight is 344 g/mol. The number of benzene rings is 3. The van der Waals surface area contributed by atoms with E-state index in [-0.39, 0.29) is 0 Å². The summed E-state index contributed by atoms with van der Waals surface area (Å²) in [5, 5.41) is 1.91. The summed E-state index contributed by atoms with van der Waals surface area (Å²) in [7, 11) is 1.59. The molecule has 0 bridgehead atoms. The van der Waals surface area contributed by atoms with Crippen molar-refractivity contribution in [3.63, 3.8) is 0 Å². The minimum atomic E-state index is -0.456. The van der Waals surface area contributed by atoms with Gasteiger partial charge in [-0.1, -0.05) is 36.4 Å². The van der Waals surface area contributed by atoms with Crippen molar-refractivity contribution in [3.05, 3.63) is 78.4 Å². The molecule has 0 saturated carbocycles. The first kappa shape index (κ1) is 16.0. The van der Waals surface area contributed by atoms with Gasteiger partial charge < -0.3 is 13.9 Å². The summed E-state index contributed by atoms with van der Waals surface area (Å²) in [6, 6.07) is 20.6. The molecule has 3 aromatic carbocycles. The van der Waals surface area contributed by atoms with Crippen LogP contribution in [0, 0.1) is 0 Å². The number of rotatable bonds is 4. The van der Waals surface area contributed by atoms with E-state index in [2.05, 4.69) is 0 Å². The van der Waals surface area contributed by atoms with E-state index in [1.165, 1.54) is 6.08 Å². The molecule has 1 heterocycles. The SMILES string of the molecule is COc1ccccc1C=CC(=O)Oc1ccc2oc3ccccc3c2c1. The van der Waals surface area contributed by atoms with Crippen LogP contribution in [0.15, 0.2) is 77.2 Å². The van der Waals surface area contributed by atoms with E-state index in [0.29, 0.717) is 11.5 Å². The standard InChI is InChI=1S/C22H16O4/c1-24-19-8-4-2-6-15(19)10-13-22(23)25-16-11-12-21-18(14-16)17-7-3-5-9-20(17)26-21/h2-14H,1H3. The summed E-state index contributed by atoms with van der Waals surface area (Å²) in [6.07, 6.45) is 3.06. The molecule has 0 aliphatic heterocycles. The zero-order chi connectivity index (χ0) is 17.9. The van der Waals surface area contributed by atoms with E-state index in [0.717, 1.165) is 27.5 Å². The molecular weight excluding hydrogens is 328 g/mol. The number of furan rings is 1. The number of carbonyl (C=O) groups excluding carboxylic acids is 1. The number of hydrogen-bond acceptors (Lipinski definition) is 4. The molecule has 4 rings (SSSR count). The lowest BCUT2D eigenvalue weighted by atomic mass is 10.1. The van der Waals surface area contributed by atoms with Crippen molar-refractivity contribution in [2.24, 2.45) is 0 Å². The van der Waals surface area contributed by atoms with Gasteiger partial charge in [0, 0.05) is 22.4 Å². The predicted molar refractivity (Wildman–Crippen MR) is 101 cm³/mol. The fourth-order valence-electron chi connectivity index (χ4n) is 2.88. The molecule has 128 valence electrons. The zero-order valence-electron chi connectivity index (χ0n) is 14.1. The van der Waals surface area contributed by atoms with Gasteiger partial charge in [-0.15, -0.1) is 0 Å². The van der Waals surface area contributed by atoms with Gasteiger partial charge in [-0.2, -0.15) is 0 Å². The number of methoxy groups -OCH3 is 1. The van der Waals surface area contributed by atoms with Gasteiger partial charge in [0.15, 0.2) is 0 Å². The second-order valence-corrected chi connectivity index (χ2v) is 5.75. The fourth-order valence-corrected chi connectivity index (χ4v) is 2.88. The number of hydrogen-bond donors (Lipinski definition) is 0. The Hall–Kier alpha value is -3.53. The Kier molecular flexibility index (Phi) is 4.15. The van der Waals surface area contributed by atoms with Crippen LogP contribution < -0.4 is 9.47 Å². The van der Waals surface area contributed by atoms with Crippen LogP contribution in [-0.4, -0.2) is 13.1 Å². The molecule has 0 aliphatic carbocycles. The van der Waals surface area contributed by atoms with E-state index in [9.17, 15) is 4.79 Å². The lowest BCUT2D eigenvalue weighted by Gasteiger charge is -2.04. The summed E-state index contributed by atoms with van der Waals surface area (Å²) in [6.45, 7) is 0. The molecule has 4 heteroatoms. The Morgan fingerprint density at radius 1 is 0.923 bits per heavy atom. The number of esters is 1. The highest BCUT2D eigenvalue weighted by molar-refractivity contribution is 6.05. The highest BCUT2D eigenvalue weighted by Gasteiger charge is 2.09. The van der Waals surface area contributed by atoms with E-state index in [4.69, 9.17) is 13.9 Å². The molecule has 1 aromatic heterocycles. The van der Waals surface area contributed by atoms with Crippen molar-refractivity contribution in [1.29, 1.82) is 0 Å². The van der Waals surface area contributed by atoms with Gasteiger partial charge in [-0.25, -0.2) is 4.79 Å². The summed E-state index contributed by atoms with van der Waals surface area (Å²) in [5.74, 6) is 0.713. The summed E-state index contributed by atoms with van der Waals surface area (Å²) in [4.78, 5) is 12.2. The van der Waals surface area contributed by atoms with Crippen LogP contribution in [0.4, 0.5) is 0 Å². The number of carbonyl (C=O) groups is 1. The lowest BCUT2D eigenvalue weighted by Crippen LogP contribution is -2.03. The Morgan fingerprint density at radius 2 is 1.69 bits per heavy atom. The van der Waals surface area contributed by atoms with Crippen LogP contribution in [-0.2, 0) is 4.79 Å². The highest BCUT2D eigenvalue weighted by Crippen LogP contribution is 2.31. The third-order valence-corrected chi connectivity index (χ3v) is 4.10. The quantitative estimate of drug-likeness (QED) is 0.289. The van der Waals surface area contributed by atoms with Gasteiger partial charge in [0.05, 0.1) is 7.11 Å². The molecule has 0 saturated heterocycles. The van der Waals surface area contributed by atoms with Crippen LogP contribution in [0.5, 0.6) is 11.5 Å². The average Bonchev–Trinajstić information content (AvgIpc) is 3.04. The van der Waals surface area contributed by atoms with E-state index >= 15 is 0 Å². The summed E-state index contributed by atoms with van der Waals surface area (Å²) >= 11 is 0. The van der Waals surface area contributed by atoms with E-state index < -0.39 is 5.97 Å². The van der Waals surface area contributed by atoms with Crippen LogP contribution in [0.3, 0.4) is 0 Å². The molecule has 26 heavy (non-hydrogen) atoms. The van der Waals surface area contributed by atoms with Gasteiger partial charge in [-0.05, 0) is 36.4 Å². The molecule has 0 spiro atoms. The Balaban J connectivity index is 1.57. The van der Waals surface area contributed by atoms with Crippen LogP contribution in [0.1, 0.15) is 5.56 Å². The van der Waals surface area contributed by atoms with Crippen molar-refractivity contribution in [2.75, 3.05) is 7.11 Å². The zero-order valence-corrected chi connectivity index (χ0v) is 14.1. The maximum absolute atomic E-state index is 12.2. The van der Waals surface area contributed by atoms with Crippen molar-refractivity contribution < 1.29 is 18.7 Å². The van der Waals surface area contributed by atoms with Gasteiger partial charge in [0.25, 0.3) is 0 Å². The van der Waals surface area contributed by atoms with Crippen LogP contribution in [0.25, 0.3) is 28.0 Å². The molecule has 0 N–H and O–H groups in total. The molecule has 4 aromatic rings. The fraction of sp³-hybridized carbons (Fsp3) is 0.0455. The number of fused-ring (bicyclic) bond motifs is 3. The van der Waals surface area contributed by atoms with Gasteiger partial charge in [0.1, 0.15) is 22.7 Å². The lowest BCUT2D eigenvalue weighted by molar-refractivity contribution is -0.128. The number of para-hydroxylation sites is 2. The highest BCUT2D eigenvalue weighted by atomic mass is 16.5. The maximum atomic E-state index is 12.2. The Labute approximate surface area is 150 Å². The van der Waals surface area contributed by atoms with E-state index in [1.807, 2.05) is 60.7 Å². The second kappa shape index (κ2) is 6.76. The molecule has 0 amide bonds. The molecule has 0 fully saturated rings.